The van der Waals surface area contributed by atoms with Crippen LogP contribution in [0.1, 0.15) is 12.5 Å². The third-order valence-electron chi connectivity index (χ3n) is 2.94. The average molecular weight is 268 g/mol. The molecule has 3 nitrogen and oxygen atoms in total. The normalized spacial score (nSPS) is 15.0. The molecule has 0 aliphatic rings. The average Bonchev–Trinajstić information content (AvgIpc) is 2.54. The van der Waals surface area contributed by atoms with Gasteiger partial charge in [-0.1, -0.05) is 6.07 Å². The third-order valence-corrected chi connectivity index (χ3v) is 4.54. The van der Waals surface area contributed by atoms with Gasteiger partial charge in [0, 0.05) is 28.9 Å². The fraction of sp³-hybridized carbons (Fsp3) is 0.417. The first-order chi connectivity index (χ1) is 7.99. The lowest BCUT2D eigenvalue weighted by Crippen LogP contribution is -2.17. The molecule has 92 valence electrons. The molecule has 2 unspecified atom stereocenters. The minimum Gasteiger partial charge on any atom is -0.331 e. The first-order valence-corrected chi connectivity index (χ1v) is 7.53. The number of hydrogen-bond acceptors (Lipinski definition) is 2. The number of imidazole rings is 1. The van der Waals surface area contributed by atoms with E-state index in [2.05, 4.69) is 30.1 Å². The standard InChI is InChI=1S/C12H16N2OS2/c1-8-4-5-11-10(6-8)13-12(16)14(11)7-9(2)17(3)15/h4-6,9H,7H2,1-3H3,(H,13,16). The summed E-state index contributed by atoms with van der Waals surface area (Å²) in [5.74, 6) is 0. The Balaban J connectivity index is 2.50. The Bertz CT molecular complexity index is 627. The molecule has 1 aromatic carbocycles. The summed E-state index contributed by atoms with van der Waals surface area (Å²) in [5, 5.41) is 0.0991. The molecule has 0 aliphatic heterocycles. The second kappa shape index (κ2) is 4.74. The number of benzene rings is 1. The van der Waals surface area contributed by atoms with Crippen LogP contribution < -0.4 is 0 Å². The van der Waals surface area contributed by atoms with E-state index in [1.54, 1.807) is 6.26 Å². The van der Waals surface area contributed by atoms with Crippen LogP contribution in [0, 0.1) is 11.7 Å². The molecular formula is C12H16N2OS2. The van der Waals surface area contributed by atoms with Gasteiger partial charge in [0.2, 0.25) is 0 Å². The Morgan fingerprint density at radius 1 is 1.53 bits per heavy atom. The molecule has 0 amide bonds. The summed E-state index contributed by atoms with van der Waals surface area (Å²) in [5.41, 5.74) is 3.33. The van der Waals surface area contributed by atoms with Gasteiger partial charge in [0.25, 0.3) is 0 Å². The van der Waals surface area contributed by atoms with Crippen LogP contribution in [-0.2, 0) is 17.3 Å². The number of aromatic amines is 1. The van der Waals surface area contributed by atoms with Crippen LogP contribution in [0.4, 0.5) is 0 Å². The SMILES string of the molecule is Cc1ccc2c(c1)[nH]c(=S)n2CC(C)S(C)=O. The van der Waals surface area contributed by atoms with Crippen molar-refractivity contribution < 1.29 is 4.21 Å². The van der Waals surface area contributed by atoms with E-state index in [0.29, 0.717) is 11.3 Å². The van der Waals surface area contributed by atoms with Gasteiger partial charge >= 0.3 is 0 Å². The number of fused-ring (bicyclic) bond motifs is 1. The van der Waals surface area contributed by atoms with Crippen LogP contribution in [0.25, 0.3) is 11.0 Å². The van der Waals surface area contributed by atoms with Gasteiger partial charge in [-0.05, 0) is 43.8 Å². The highest BCUT2D eigenvalue weighted by Gasteiger charge is 2.11. The van der Waals surface area contributed by atoms with E-state index in [1.165, 1.54) is 5.56 Å². The Kier molecular flexibility index (Phi) is 3.49. The summed E-state index contributed by atoms with van der Waals surface area (Å²) in [6.45, 7) is 4.72. The minimum absolute atomic E-state index is 0.0991. The highest BCUT2D eigenvalue weighted by atomic mass is 32.2. The molecule has 1 aromatic heterocycles. The molecule has 0 bridgehead atoms. The monoisotopic (exact) mass is 268 g/mol. The van der Waals surface area contributed by atoms with Gasteiger partial charge < -0.3 is 9.55 Å². The zero-order valence-corrected chi connectivity index (χ0v) is 11.8. The Morgan fingerprint density at radius 3 is 2.88 bits per heavy atom. The van der Waals surface area contributed by atoms with Crippen molar-refractivity contribution in [3.63, 3.8) is 0 Å². The molecule has 2 aromatic rings. The van der Waals surface area contributed by atoms with Gasteiger partial charge in [0.1, 0.15) is 0 Å². The fourth-order valence-corrected chi connectivity index (χ4v) is 2.46. The molecule has 1 N–H and O–H groups in total. The summed E-state index contributed by atoms with van der Waals surface area (Å²) >= 11 is 5.31. The van der Waals surface area contributed by atoms with E-state index < -0.39 is 10.8 Å². The van der Waals surface area contributed by atoms with E-state index in [4.69, 9.17) is 12.2 Å². The van der Waals surface area contributed by atoms with Crippen LogP contribution in [0.15, 0.2) is 18.2 Å². The number of rotatable bonds is 3. The molecule has 17 heavy (non-hydrogen) atoms. The first kappa shape index (κ1) is 12.5. The lowest BCUT2D eigenvalue weighted by Gasteiger charge is -2.10. The maximum atomic E-state index is 11.4. The maximum Gasteiger partial charge on any atom is 0.178 e. The van der Waals surface area contributed by atoms with E-state index in [0.717, 1.165) is 11.0 Å². The number of aromatic nitrogens is 2. The lowest BCUT2D eigenvalue weighted by atomic mass is 10.2. The molecule has 2 rings (SSSR count). The van der Waals surface area contributed by atoms with E-state index in [9.17, 15) is 4.21 Å². The van der Waals surface area contributed by atoms with Crippen molar-refractivity contribution in [2.24, 2.45) is 0 Å². The van der Waals surface area contributed by atoms with Gasteiger partial charge in [-0.25, -0.2) is 0 Å². The molecule has 1 heterocycles. The molecule has 5 heteroatoms. The van der Waals surface area contributed by atoms with Crippen molar-refractivity contribution in [3.05, 3.63) is 28.5 Å². The van der Waals surface area contributed by atoms with Gasteiger partial charge in [-0.15, -0.1) is 0 Å². The smallest absolute Gasteiger partial charge is 0.178 e. The number of hydrogen-bond donors (Lipinski definition) is 1. The Hall–Kier alpha value is -0.940. The van der Waals surface area contributed by atoms with E-state index >= 15 is 0 Å². The van der Waals surface area contributed by atoms with Crippen molar-refractivity contribution >= 4 is 34.1 Å². The second-order valence-electron chi connectivity index (χ2n) is 4.37. The van der Waals surface area contributed by atoms with Crippen LogP contribution in [0.3, 0.4) is 0 Å². The van der Waals surface area contributed by atoms with Crippen LogP contribution >= 0.6 is 12.2 Å². The molecule has 0 saturated carbocycles. The third kappa shape index (κ3) is 2.50. The Labute approximate surface area is 108 Å². The molecule has 0 radical (unpaired) electrons. The zero-order valence-electron chi connectivity index (χ0n) is 10.2. The predicted molar refractivity (Wildman–Crippen MR) is 75.4 cm³/mol. The second-order valence-corrected chi connectivity index (χ2v) is 6.56. The van der Waals surface area contributed by atoms with Gasteiger partial charge in [0.15, 0.2) is 4.77 Å². The molecule has 2 atom stereocenters. The number of nitrogens with one attached hydrogen (secondary N) is 1. The van der Waals surface area contributed by atoms with Gasteiger partial charge in [0.05, 0.1) is 11.0 Å². The van der Waals surface area contributed by atoms with Gasteiger partial charge in [-0.3, -0.25) is 4.21 Å². The fourth-order valence-electron chi connectivity index (χ4n) is 1.82. The molecule has 0 fully saturated rings. The van der Waals surface area contributed by atoms with Crippen molar-refractivity contribution in [2.75, 3.05) is 6.26 Å². The highest BCUT2D eigenvalue weighted by molar-refractivity contribution is 7.84. The van der Waals surface area contributed by atoms with Gasteiger partial charge in [-0.2, -0.15) is 0 Å². The number of aryl methyl sites for hydroxylation is 1. The minimum atomic E-state index is -0.832. The summed E-state index contributed by atoms with van der Waals surface area (Å²) < 4.78 is 14.1. The van der Waals surface area contributed by atoms with Crippen LogP contribution in [0.2, 0.25) is 0 Å². The topological polar surface area (TPSA) is 37.8 Å². The molecule has 0 aliphatic carbocycles. The number of H-pyrrole nitrogens is 1. The van der Waals surface area contributed by atoms with Crippen molar-refractivity contribution in [2.45, 2.75) is 25.6 Å². The van der Waals surface area contributed by atoms with Crippen molar-refractivity contribution in [3.8, 4) is 0 Å². The summed E-state index contributed by atoms with van der Waals surface area (Å²) in [6, 6.07) is 6.20. The van der Waals surface area contributed by atoms with Crippen LogP contribution in [-0.4, -0.2) is 25.3 Å². The van der Waals surface area contributed by atoms with Crippen LogP contribution in [0.5, 0.6) is 0 Å². The first-order valence-electron chi connectivity index (χ1n) is 5.50. The highest BCUT2D eigenvalue weighted by Crippen LogP contribution is 2.16. The van der Waals surface area contributed by atoms with E-state index in [1.807, 2.05) is 11.5 Å². The molecule has 0 saturated heterocycles. The largest absolute Gasteiger partial charge is 0.331 e. The summed E-state index contributed by atoms with van der Waals surface area (Å²) in [7, 11) is -0.832. The number of nitrogens with zero attached hydrogens (tertiary/aromatic N) is 1. The van der Waals surface area contributed by atoms with Crippen molar-refractivity contribution in [1.29, 1.82) is 0 Å². The van der Waals surface area contributed by atoms with Crippen molar-refractivity contribution in [1.82, 2.24) is 9.55 Å². The van der Waals surface area contributed by atoms with E-state index in [-0.39, 0.29) is 5.25 Å². The molecule has 0 spiro atoms. The predicted octanol–water partition coefficient (Wildman–Crippen LogP) is 2.77. The Morgan fingerprint density at radius 2 is 2.24 bits per heavy atom. The lowest BCUT2D eigenvalue weighted by molar-refractivity contribution is 0.647. The molecular weight excluding hydrogens is 252 g/mol. The zero-order chi connectivity index (χ0) is 12.6. The maximum absolute atomic E-state index is 11.4. The quantitative estimate of drug-likeness (QED) is 0.869. The summed E-state index contributed by atoms with van der Waals surface area (Å²) in [4.78, 5) is 3.19. The summed E-state index contributed by atoms with van der Waals surface area (Å²) in [6.07, 6.45) is 1.73.